The molecule has 2 aromatic carbocycles. The number of hydrogen-bond donors (Lipinski definition) is 0. The minimum Gasteiger partial charge on any atom is -0.489 e. The van der Waals surface area contributed by atoms with Crippen molar-refractivity contribution in [1.82, 2.24) is 0 Å². The summed E-state index contributed by atoms with van der Waals surface area (Å²) in [6.45, 7) is 2.91. The van der Waals surface area contributed by atoms with Gasteiger partial charge in [-0.1, -0.05) is 42.8 Å². The van der Waals surface area contributed by atoms with Gasteiger partial charge in [-0.15, -0.1) is 0 Å². The van der Waals surface area contributed by atoms with Crippen molar-refractivity contribution in [2.75, 3.05) is 18.6 Å². The Morgan fingerprint density at radius 2 is 1.86 bits per heavy atom. The van der Waals surface area contributed by atoms with Crippen molar-refractivity contribution >= 4 is 28.9 Å². The minimum absolute atomic E-state index is 0.696. The molecule has 3 rings (SSSR count). The monoisotopic (exact) mass is 414 g/mol. The molecule has 0 bridgehead atoms. The molecule has 1 nitrogen and oxygen atoms in total. The lowest BCUT2D eigenvalue weighted by Crippen LogP contribution is -2.04. The molecule has 0 amide bonds. The topological polar surface area (TPSA) is 9.23 Å². The van der Waals surface area contributed by atoms with Crippen LogP contribution in [0.1, 0.15) is 55.7 Å². The highest BCUT2D eigenvalue weighted by atomic mass is 35.5. The number of halogens is 1. The minimum atomic E-state index is 0.696. The van der Waals surface area contributed by atoms with Crippen LogP contribution in [0.2, 0.25) is 5.02 Å². The quantitative estimate of drug-likeness (QED) is 0.370. The summed E-state index contributed by atoms with van der Waals surface area (Å²) in [7, 11) is 0. The molecule has 0 aromatic heterocycles. The zero-order chi connectivity index (χ0) is 19.8. The molecule has 0 saturated heterocycles. The van der Waals surface area contributed by atoms with Crippen LogP contribution < -0.4 is 4.74 Å². The summed E-state index contributed by atoms with van der Waals surface area (Å²) in [5.41, 5.74) is 6.94. The van der Waals surface area contributed by atoms with Crippen LogP contribution in [0.5, 0.6) is 5.75 Å². The molecule has 2 aromatic rings. The largest absolute Gasteiger partial charge is 0.489 e. The van der Waals surface area contributed by atoms with E-state index >= 15 is 0 Å². The van der Waals surface area contributed by atoms with Crippen molar-refractivity contribution < 1.29 is 4.74 Å². The number of hydrogen-bond acceptors (Lipinski definition) is 2. The van der Waals surface area contributed by atoms with Crippen molar-refractivity contribution in [3.8, 4) is 5.75 Å². The first-order valence-corrected chi connectivity index (χ1v) is 12.2. The first kappa shape index (κ1) is 21.3. The van der Waals surface area contributed by atoms with E-state index in [4.69, 9.17) is 16.3 Å². The van der Waals surface area contributed by atoms with E-state index in [1.165, 1.54) is 52.9 Å². The van der Waals surface area contributed by atoms with Gasteiger partial charge in [0.2, 0.25) is 0 Å². The van der Waals surface area contributed by atoms with Crippen LogP contribution in [-0.2, 0) is 12.8 Å². The van der Waals surface area contributed by atoms with Gasteiger partial charge in [0.1, 0.15) is 12.4 Å². The SMILES string of the molecule is CCc1ccc(OCC2=C(c3ccc(Cl)cc3)CCC2)c(CCCCSC)c1. The lowest BCUT2D eigenvalue weighted by molar-refractivity contribution is 0.345. The second-order valence-electron chi connectivity index (χ2n) is 7.48. The van der Waals surface area contributed by atoms with Crippen molar-refractivity contribution in [3.63, 3.8) is 0 Å². The Balaban J connectivity index is 1.71. The molecule has 0 spiro atoms. The molecule has 1 aliphatic carbocycles. The summed E-state index contributed by atoms with van der Waals surface area (Å²) in [6, 6.07) is 15.0. The fourth-order valence-electron chi connectivity index (χ4n) is 3.88. The molecule has 0 aliphatic heterocycles. The average molecular weight is 415 g/mol. The van der Waals surface area contributed by atoms with Gasteiger partial charge in [0.15, 0.2) is 0 Å². The summed E-state index contributed by atoms with van der Waals surface area (Å²) in [5.74, 6) is 2.30. The third kappa shape index (κ3) is 5.81. The Labute approximate surface area is 179 Å². The number of ether oxygens (including phenoxy) is 1. The number of allylic oxidation sites excluding steroid dienone is 1. The standard InChI is InChI=1S/C25H31ClOS/c1-3-19-10-15-25(21(17-19)7-4-5-16-28-2)27-18-22-8-6-9-24(22)20-11-13-23(26)14-12-20/h10-15,17H,3-9,16,18H2,1-2H3. The normalized spacial score (nSPS) is 14.0. The molecule has 150 valence electrons. The molecule has 0 heterocycles. The van der Waals surface area contributed by atoms with E-state index in [0.717, 1.165) is 36.5 Å². The van der Waals surface area contributed by atoms with Gasteiger partial charge < -0.3 is 4.74 Å². The summed E-state index contributed by atoms with van der Waals surface area (Å²) < 4.78 is 6.36. The first-order chi connectivity index (χ1) is 13.7. The maximum Gasteiger partial charge on any atom is 0.122 e. The molecule has 28 heavy (non-hydrogen) atoms. The number of aryl methyl sites for hydroxylation is 2. The van der Waals surface area contributed by atoms with Crippen LogP contribution in [0.3, 0.4) is 0 Å². The summed E-state index contributed by atoms with van der Waals surface area (Å²) in [6.07, 6.45) is 10.3. The van der Waals surface area contributed by atoms with Gasteiger partial charge in [-0.25, -0.2) is 0 Å². The highest BCUT2D eigenvalue weighted by Crippen LogP contribution is 2.35. The van der Waals surface area contributed by atoms with Crippen LogP contribution in [0.4, 0.5) is 0 Å². The maximum atomic E-state index is 6.36. The summed E-state index contributed by atoms with van der Waals surface area (Å²) in [5, 5.41) is 0.794. The van der Waals surface area contributed by atoms with Crippen LogP contribution in [0, 0.1) is 0 Å². The van der Waals surface area contributed by atoms with Crippen LogP contribution in [-0.4, -0.2) is 18.6 Å². The summed E-state index contributed by atoms with van der Waals surface area (Å²) >= 11 is 7.99. The number of rotatable bonds is 10. The van der Waals surface area contributed by atoms with E-state index in [1.807, 2.05) is 23.9 Å². The van der Waals surface area contributed by atoms with Crippen LogP contribution in [0.15, 0.2) is 48.0 Å². The van der Waals surface area contributed by atoms with E-state index < -0.39 is 0 Å². The van der Waals surface area contributed by atoms with E-state index in [9.17, 15) is 0 Å². The smallest absolute Gasteiger partial charge is 0.122 e. The molecular weight excluding hydrogens is 384 g/mol. The summed E-state index contributed by atoms with van der Waals surface area (Å²) in [4.78, 5) is 0. The Bertz CT molecular complexity index is 795. The van der Waals surface area contributed by atoms with Gasteiger partial charge in [-0.05, 0) is 103 Å². The van der Waals surface area contributed by atoms with E-state index in [2.05, 4.69) is 43.5 Å². The molecule has 0 N–H and O–H groups in total. The zero-order valence-corrected chi connectivity index (χ0v) is 18.7. The number of benzene rings is 2. The van der Waals surface area contributed by atoms with E-state index in [0.29, 0.717) is 6.61 Å². The molecule has 0 radical (unpaired) electrons. The van der Waals surface area contributed by atoms with Crippen molar-refractivity contribution in [1.29, 1.82) is 0 Å². The van der Waals surface area contributed by atoms with E-state index in [-0.39, 0.29) is 0 Å². The maximum absolute atomic E-state index is 6.36. The molecule has 1 aliphatic rings. The second-order valence-corrected chi connectivity index (χ2v) is 8.90. The van der Waals surface area contributed by atoms with E-state index in [1.54, 1.807) is 0 Å². The first-order valence-electron chi connectivity index (χ1n) is 10.4. The lowest BCUT2D eigenvalue weighted by atomic mass is 10.0. The Kier molecular flexibility index (Phi) is 8.36. The van der Waals surface area contributed by atoms with Gasteiger partial charge in [0.05, 0.1) is 0 Å². The Morgan fingerprint density at radius 3 is 2.61 bits per heavy atom. The van der Waals surface area contributed by atoms with Gasteiger partial charge >= 0.3 is 0 Å². The molecular formula is C25H31ClOS. The molecule has 0 atom stereocenters. The third-order valence-corrected chi connectivity index (χ3v) is 6.45. The third-order valence-electron chi connectivity index (χ3n) is 5.50. The molecule has 0 saturated carbocycles. The number of unbranched alkanes of at least 4 members (excludes halogenated alkanes) is 1. The predicted molar refractivity (Wildman–Crippen MR) is 125 cm³/mol. The van der Waals surface area contributed by atoms with Gasteiger partial charge in [-0.2, -0.15) is 11.8 Å². The van der Waals surface area contributed by atoms with Gasteiger partial charge in [-0.3, -0.25) is 0 Å². The fourth-order valence-corrected chi connectivity index (χ4v) is 4.50. The van der Waals surface area contributed by atoms with Gasteiger partial charge in [0.25, 0.3) is 0 Å². The highest BCUT2D eigenvalue weighted by molar-refractivity contribution is 7.98. The van der Waals surface area contributed by atoms with Crippen molar-refractivity contribution in [3.05, 3.63) is 69.8 Å². The highest BCUT2D eigenvalue weighted by Gasteiger charge is 2.17. The van der Waals surface area contributed by atoms with Crippen LogP contribution in [0.25, 0.3) is 5.57 Å². The molecule has 0 fully saturated rings. The van der Waals surface area contributed by atoms with Crippen molar-refractivity contribution in [2.24, 2.45) is 0 Å². The number of thioether (sulfide) groups is 1. The van der Waals surface area contributed by atoms with Crippen molar-refractivity contribution in [2.45, 2.75) is 51.9 Å². The molecule has 0 unspecified atom stereocenters. The zero-order valence-electron chi connectivity index (χ0n) is 17.1. The van der Waals surface area contributed by atoms with Crippen LogP contribution >= 0.6 is 23.4 Å². The van der Waals surface area contributed by atoms with Gasteiger partial charge in [0, 0.05) is 5.02 Å². The lowest BCUT2D eigenvalue weighted by Gasteiger charge is -2.15. The second kappa shape index (κ2) is 11.0. The fraction of sp³-hybridized carbons (Fsp3) is 0.440. The predicted octanol–water partition coefficient (Wildman–Crippen LogP) is 7.60. The Morgan fingerprint density at radius 1 is 1.04 bits per heavy atom. The Hall–Kier alpha value is -1.38. The molecule has 3 heteroatoms. The average Bonchev–Trinajstić information content (AvgIpc) is 3.19.